The SMILES string of the molecule is CN=C(NCc1cccc(NC(=O)Cn2cccn2)c1)N1CC=C(c2ccccc2)CC1. The molecule has 0 aliphatic carbocycles. The van der Waals surface area contributed by atoms with Crippen LogP contribution < -0.4 is 10.6 Å². The van der Waals surface area contributed by atoms with E-state index in [1.165, 1.54) is 11.1 Å². The lowest BCUT2D eigenvalue weighted by Gasteiger charge is -2.30. The van der Waals surface area contributed by atoms with Gasteiger partial charge in [0.25, 0.3) is 0 Å². The normalized spacial score (nSPS) is 14.1. The Kier molecular flexibility index (Phi) is 6.97. The Morgan fingerprint density at radius 2 is 2.00 bits per heavy atom. The molecule has 1 aliphatic heterocycles. The van der Waals surface area contributed by atoms with Crippen LogP contribution in [0, 0.1) is 0 Å². The van der Waals surface area contributed by atoms with Gasteiger partial charge in [-0.15, -0.1) is 0 Å². The summed E-state index contributed by atoms with van der Waals surface area (Å²) in [6.45, 7) is 2.56. The summed E-state index contributed by atoms with van der Waals surface area (Å²) >= 11 is 0. The molecule has 0 unspecified atom stereocenters. The van der Waals surface area contributed by atoms with E-state index in [9.17, 15) is 4.79 Å². The van der Waals surface area contributed by atoms with Crippen LogP contribution in [0.15, 0.2) is 84.1 Å². The highest BCUT2D eigenvalue weighted by Crippen LogP contribution is 2.22. The van der Waals surface area contributed by atoms with Crippen LogP contribution >= 0.6 is 0 Å². The molecule has 2 heterocycles. The first-order chi connectivity index (χ1) is 15.7. The maximum Gasteiger partial charge on any atom is 0.246 e. The molecule has 0 bridgehead atoms. The number of aliphatic imine (C=N–C) groups is 1. The van der Waals surface area contributed by atoms with Gasteiger partial charge >= 0.3 is 0 Å². The molecule has 1 amide bonds. The number of hydrogen-bond donors (Lipinski definition) is 2. The second-order valence-electron chi connectivity index (χ2n) is 7.64. The number of rotatable bonds is 6. The Bertz CT molecular complexity index is 1090. The molecule has 164 valence electrons. The number of nitrogens with zero attached hydrogens (tertiary/aromatic N) is 4. The van der Waals surface area contributed by atoms with E-state index in [1.807, 2.05) is 37.4 Å². The van der Waals surface area contributed by atoms with Crippen LogP contribution in [0.25, 0.3) is 5.57 Å². The largest absolute Gasteiger partial charge is 0.352 e. The number of guanidine groups is 1. The Labute approximate surface area is 188 Å². The number of hydrogen-bond acceptors (Lipinski definition) is 3. The van der Waals surface area contributed by atoms with Crippen LogP contribution in [-0.2, 0) is 17.9 Å². The molecular weight excluding hydrogens is 400 g/mol. The van der Waals surface area contributed by atoms with Crippen molar-refractivity contribution in [2.75, 3.05) is 25.5 Å². The van der Waals surface area contributed by atoms with Gasteiger partial charge in [0, 0.05) is 44.8 Å². The Morgan fingerprint density at radius 3 is 2.72 bits per heavy atom. The minimum Gasteiger partial charge on any atom is -0.352 e. The molecule has 0 saturated carbocycles. The molecule has 2 aromatic carbocycles. The van der Waals surface area contributed by atoms with Crippen LogP contribution in [0.5, 0.6) is 0 Å². The maximum atomic E-state index is 12.2. The van der Waals surface area contributed by atoms with Crippen molar-refractivity contribution in [3.05, 3.63) is 90.3 Å². The third-order valence-electron chi connectivity index (χ3n) is 5.39. The second kappa shape index (κ2) is 10.4. The van der Waals surface area contributed by atoms with Crippen LogP contribution in [0.2, 0.25) is 0 Å². The molecule has 0 atom stereocenters. The van der Waals surface area contributed by atoms with E-state index in [0.29, 0.717) is 6.54 Å². The lowest BCUT2D eigenvalue weighted by atomic mass is 10.00. The van der Waals surface area contributed by atoms with Crippen molar-refractivity contribution >= 4 is 23.1 Å². The molecule has 0 saturated heterocycles. The fraction of sp³-hybridized carbons (Fsp3) is 0.240. The number of anilines is 1. The van der Waals surface area contributed by atoms with Crippen LogP contribution in [0.1, 0.15) is 17.5 Å². The van der Waals surface area contributed by atoms with Gasteiger partial charge in [-0.05, 0) is 41.3 Å². The van der Waals surface area contributed by atoms with Gasteiger partial charge in [0.05, 0.1) is 0 Å². The standard InChI is InChI=1S/C25H28N6O/c1-26-25(30-15-11-22(12-16-30)21-8-3-2-4-9-21)27-18-20-7-5-10-23(17-20)29-24(32)19-31-14-6-13-28-31/h2-11,13-14,17H,12,15-16,18-19H2,1H3,(H,26,27)(H,29,32). The first-order valence-corrected chi connectivity index (χ1v) is 10.8. The van der Waals surface area contributed by atoms with E-state index in [1.54, 1.807) is 23.1 Å². The van der Waals surface area contributed by atoms with Crippen LogP contribution in [0.3, 0.4) is 0 Å². The summed E-state index contributed by atoms with van der Waals surface area (Å²) in [6, 6.07) is 20.2. The first-order valence-electron chi connectivity index (χ1n) is 10.8. The van der Waals surface area contributed by atoms with E-state index in [2.05, 4.69) is 56.0 Å². The smallest absolute Gasteiger partial charge is 0.246 e. The monoisotopic (exact) mass is 428 g/mol. The lowest BCUT2D eigenvalue weighted by molar-refractivity contribution is -0.116. The molecule has 32 heavy (non-hydrogen) atoms. The Morgan fingerprint density at radius 1 is 1.12 bits per heavy atom. The summed E-state index contributed by atoms with van der Waals surface area (Å²) in [7, 11) is 1.81. The zero-order chi connectivity index (χ0) is 22.2. The predicted octanol–water partition coefficient (Wildman–Crippen LogP) is 3.39. The quantitative estimate of drug-likeness (QED) is 0.466. The summed E-state index contributed by atoms with van der Waals surface area (Å²) in [5, 5.41) is 10.4. The molecule has 7 heteroatoms. The molecule has 2 N–H and O–H groups in total. The molecule has 0 fully saturated rings. The van der Waals surface area contributed by atoms with Crippen LogP contribution in [0.4, 0.5) is 5.69 Å². The zero-order valence-electron chi connectivity index (χ0n) is 18.2. The zero-order valence-corrected chi connectivity index (χ0v) is 18.2. The predicted molar refractivity (Wildman–Crippen MR) is 128 cm³/mol. The van der Waals surface area contributed by atoms with Crippen molar-refractivity contribution in [3.8, 4) is 0 Å². The van der Waals surface area contributed by atoms with Gasteiger partial charge in [-0.2, -0.15) is 5.10 Å². The lowest BCUT2D eigenvalue weighted by Crippen LogP contribution is -2.43. The van der Waals surface area contributed by atoms with Gasteiger partial charge in [-0.25, -0.2) is 0 Å². The van der Waals surface area contributed by atoms with Crippen molar-refractivity contribution < 1.29 is 4.79 Å². The third-order valence-corrected chi connectivity index (χ3v) is 5.39. The molecule has 1 aromatic heterocycles. The number of benzene rings is 2. The fourth-order valence-corrected chi connectivity index (χ4v) is 3.79. The van der Waals surface area contributed by atoms with E-state index >= 15 is 0 Å². The fourth-order valence-electron chi connectivity index (χ4n) is 3.79. The van der Waals surface area contributed by atoms with Gasteiger partial charge in [0.2, 0.25) is 5.91 Å². The molecule has 1 aliphatic rings. The van der Waals surface area contributed by atoms with Crippen molar-refractivity contribution in [1.82, 2.24) is 20.0 Å². The van der Waals surface area contributed by atoms with Gasteiger partial charge in [0.1, 0.15) is 6.54 Å². The summed E-state index contributed by atoms with van der Waals surface area (Å²) in [5.41, 5.74) is 4.52. The van der Waals surface area contributed by atoms with Crippen molar-refractivity contribution in [2.24, 2.45) is 4.99 Å². The molecular formula is C25H28N6O. The molecule has 0 spiro atoms. The third kappa shape index (κ3) is 5.63. The molecule has 4 rings (SSSR count). The summed E-state index contributed by atoms with van der Waals surface area (Å²) in [5.74, 6) is 0.769. The topological polar surface area (TPSA) is 74.5 Å². The van der Waals surface area contributed by atoms with Gasteiger partial charge < -0.3 is 15.5 Å². The Hall–Kier alpha value is -3.87. The molecule has 7 nitrogen and oxygen atoms in total. The molecule has 0 radical (unpaired) electrons. The first kappa shape index (κ1) is 21.4. The van der Waals surface area contributed by atoms with Crippen molar-refractivity contribution in [1.29, 1.82) is 0 Å². The number of aromatic nitrogens is 2. The number of carbonyl (C=O) groups is 1. The number of carbonyl (C=O) groups excluding carboxylic acids is 1. The number of nitrogens with one attached hydrogen (secondary N) is 2. The highest BCUT2D eigenvalue weighted by molar-refractivity contribution is 5.90. The second-order valence-corrected chi connectivity index (χ2v) is 7.64. The highest BCUT2D eigenvalue weighted by Gasteiger charge is 2.16. The van der Waals surface area contributed by atoms with Crippen LogP contribution in [-0.4, -0.2) is 46.7 Å². The van der Waals surface area contributed by atoms with E-state index in [0.717, 1.165) is 36.7 Å². The van der Waals surface area contributed by atoms with E-state index in [4.69, 9.17) is 0 Å². The molecule has 3 aromatic rings. The average molecular weight is 429 g/mol. The minimum atomic E-state index is -0.107. The Balaban J connectivity index is 1.31. The minimum absolute atomic E-state index is 0.107. The van der Waals surface area contributed by atoms with Crippen molar-refractivity contribution in [2.45, 2.75) is 19.5 Å². The highest BCUT2D eigenvalue weighted by atomic mass is 16.2. The summed E-state index contributed by atoms with van der Waals surface area (Å²) < 4.78 is 1.60. The van der Waals surface area contributed by atoms with E-state index < -0.39 is 0 Å². The summed E-state index contributed by atoms with van der Waals surface area (Å²) in [4.78, 5) is 18.9. The van der Waals surface area contributed by atoms with Gasteiger partial charge in [-0.3, -0.25) is 14.5 Å². The maximum absolute atomic E-state index is 12.2. The van der Waals surface area contributed by atoms with Crippen molar-refractivity contribution in [3.63, 3.8) is 0 Å². The van der Waals surface area contributed by atoms with Gasteiger partial charge in [-0.1, -0.05) is 48.5 Å². The van der Waals surface area contributed by atoms with Gasteiger partial charge in [0.15, 0.2) is 5.96 Å². The number of amides is 1. The average Bonchev–Trinajstić information content (AvgIpc) is 3.33. The summed E-state index contributed by atoms with van der Waals surface area (Å²) in [6.07, 6.45) is 6.70. The van der Waals surface area contributed by atoms with E-state index in [-0.39, 0.29) is 12.5 Å².